The quantitative estimate of drug-likeness (QED) is 0.845. The van der Waals surface area contributed by atoms with Crippen LogP contribution in [0.4, 0.5) is 18.9 Å². The molecule has 7 heteroatoms. The van der Waals surface area contributed by atoms with E-state index in [1.54, 1.807) is 6.07 Å². The summed E-state index contributed by atoms with van der Waals surface area (Å²) in [5.74, 6) is -0.345. The average molecular weight is 303 g/mol. The third kappa shape index (κ3) is 4.93. The van der Waals surface area contributed by atoms with E-state index < -0.39 is 11.7 Å². The molecule has 0 bridgehead atoms. The molecule has 0 fully saturated rings. The van der Waals surface area contributed by atoms with Crippen LogP contribution >= 0.6 is 0 Å². The number of hydrogen-bond acceptors (Lipinski definition) is 3. The zero-order valence-corrected chi connectivity index (χ0v) is 12.3. The minimum Gasteiger partial charge on any atom is -0.365 e. The van der Waals surface area contributed by atoms with E-state index in [2.05, 4.69) is 10.6 Å². The minimum atomic E-state index is -4.46. The number of carbonyl (C=O) groups is 1. The summed E-state index contributed by atoms with van der Waals surface area (Å²) in [6, 6.07) is 4.16. The lowest BCUT2D eigenvalue weighted by atomic mass is 10.1. The van der Waals surface area contributed by atoms with Crippen LogP contribution in [0.25, 0.3) is 0 Å². The van der Waals surface area contributed by atoms with Crippen molar-refractivity contribution in [3.8, 4) is 0 Å². The Kier molecular flexibility index (Phi) is 6.02. The predicted molar refractivity (Wildman–Crippen MR) is 76.2 cm³/mol. The van der Waals surface area contributed by atoms with E-state index in [0.29, 0.717) is 18.7 Å². The van der Waals surface area contributed by atoms with E-state index in [0.717, 1.165) is 6.07 Å². The topological polar surface area (TPSA) is 44.4 Å². The molecule has 0 saturated carbocycles. The fraction of sp³-hybridized carbons (Fsp3) is 0.500. The Morgan fingerprint density at radius 1 is 1.33 bits per heavy atom. The molecule has 2 N–H and O–H groups in total. The number of hydrogen-bond donors (Lipinski definition) is 2. The summed E-state index contributed by atoms with van der Waals surface area (Å²) in [6.07, 6.45) is -4.46. The molecule has 0 atom stereocenters. The Balaban J connectivity index is 3.10. The summed E-state index contributed by atoms with van der Waals surface area (Å²) in [6.45, 7) is 2.81. The summed E-state index contributed by atoms with van der Waals surface area (Å²) in [7, 11) is 2.91. The van der Waals surface area contributed by atoms with Gasteiger partial charge >= 0.3 is 6.18 Å². The van der Waals surface area contributed by atoms with Gasteiger partial charge in [-0.2, -0.15) is 13.2 Å². The van der Waals surface area contributed by atoms with E-state index in [1.165, 1.54) is 25.1 Å². The smallest absolute Gasteiger partial charge is 0.365 e. The minimum absolute atomic E-state index is 0.00801. The SMILES string of the molecule is CCNCc1ccc(N(C)CC(=O)NC)c(C(F)(F)F)c1. The fourth-order valence-electron chi connectivity index (χ4n) is 1.90. The fourth-order valence-corrected chi connectivity index (χ4v) is 1.90. The lowest BCUT2D eigenvalue weighted by molar-refractivity contribution is -0.137. The van der Waals surface area contributed by atoms with Crippen LogP contribution in [-0.2, 0) is 17.5 Å². The maximum absolute atomic E-state index is 13.2. The van der Waals surface area contributed by atoms with Crippen molar-refractivity contribution in [1.82, 2.24) is 10.6 Å². The molecular weight excluding hydrogens is 283 g/mol. The molecule has 1 aromatic rings. The molecule has 0 radical (unpaired) electrons. The Morgan fingerprint density at radius 2 is 2.00 bits per heavy atom. The van der Waals surface area contributed by atoms with Crippen molar-refractivity contribution in [2.75, 3.05) is 32.1 Å². The van der Waals surface area contributed by atoms with Crippen LogP contribution in [0.3, 0.4) is 0 Å². The van der Waals surface area contributed by atoms with Gasteiger partial charge in [-0.1, -0.05) is 13.0 Å². The third-order valence-electron chi connectivity index (χ3n) is 3.02. The molecule has 0 aliphatic rings. The number of likely N-dealkylation sites (N-methyl/N-ethyl adjacent to an activating group) is 2. The van der Waals surface area contributed by atoms with Crippen LogP contribution in [0, 0.1) is 0 Å². The predicted octanol–water partition coefficient (Wildman–Crippen LogP) is 2.00. The Labute approximate surface area is 122 Å². The molecule has 21 heavy (non-hydrogen) atoms. The molecule has 0 aliphatic heterocycles. The number of nitrogens with one attached hydrogen (secondary N) is 2. The van der Waals surface area contributed by atoms with Crippen LogP contribution in [-0.4, -0.2) is 33.1 Å². The van der Waals surface area contributed by atoms with Gasteiger partial charge in [0.15, 0.2) is 0 Å². The van der Waals surface area contributed by atoms with E-state index in [4.69, 9.17) is 0 Å². The maximum Gasteiger partial charge on any atom is 0.418 e. The molecule has 4 nitrogen and oxygen atoms in total. The van der Waals surface area contributed by atoms with Crippen molar-refractivity contribution in [3.05, 3.63) is 29.3 Å². The first-order valence-electron chi connectivity index (χ1n) is 6.62. The first kappa shape index (κ1) is 17.3. The molecule has 1 amide bonds. The van der Waals surface area contributed by atoms with Crippen molar-refractivity contribution >= 4 is 11.6 Å². The maximum atomic E-state index is 13.2. The zero-order chi connectivity index (χ0) is 16.0. The molecule has 0 spiro atoms. The number of alkyl halides is 3. The second kappa shape index (κ2) is 7.31. The normalized spacial score (nSPS) is 11.3. The van der Waals surface area contributed by atoms with Gasteiger partial charge in [0, 0.05) is 26.3 Å². The Hall–Kier alpha value is -1.76. The van der Waals surface area contributed by atoms with Gasteiger partial charge < -0.3 is 15.5 Å². The van der Waals surface area contributed by atoms with Crippen LogP contribution in [0.2, 0.25) is 0 Å². The van der Waals surface area contributed by atoms with Crippen molar-refractivity contribution < 1.29 is 18.0 Å². The highest BCUT2D eigenvalue weighted by Crippen LogP contribution is 2.36. The summed E-state index contributed by atoms with van der Waals surface area (Å²) < 4.78 is 39.5. The van der Waals surface area contributed by atoms with Crippen LogP contribution in [0.1, 0.15) is 18.1 Å². The second-order valence-corrected chi connectivity index (χ2v) is 4.66. The number of carbonyl (C=O) groups excluding carboxylic acids is 1. The Morgan fingerprint density at radius 3 is 2.52 bits per heavy atom. The van der Waals surface area contributed by atoms with E-state index >= 15 is 0 Å². The average Bonchev–Trinajstić information content (AvgIpc) is 2.43. The zero-order valence-electron chi connectivity index (χ0n) is 12.3. The molecule has 1 aromatic carbocycles. The molecule has 0 aromatic heterocycles. The summed E-state index contributed by atoms with van der Waals surface area (Å²) in [5.41, 5.74) is -0.183. The van der Waals surface area contributed by atoms with Gasteiger partial charge in [-0.3, -0.25) is 4.79 Å². The van der Waals surface area contributed by atoms with E-state index in [1.807, 2.05) is 6.92 Å². The molecule has 0 unspecified atom stereocenters. The number of halogens is 3. The largest absolute Gasteiger partial charge is 0.418 e. The van der Waals surface area contributed by atoms with Crippen molar-refractivity contribution in [2.45, 2.75) is 19.6 Å². The first-order chi connectivity index (χ1) is 9.79. The van der Waals surface area contributed by atoms with Gasteiger partial charge in [-0.15, -0.1) is 0 Å². The second-order valence-electron chi connectivity index (χ2n) is 4.66. The van der Waals surface area contributed by atoms with Gasteiger partial charge in [0.2, 0.25) is 5.91 Å². The molecule has 0 heterocycles. The van der Waals surface area contributed by atoms with Crippen molar-refractivity contribution in [2.24, 2.45) is 0 Å². The van der Waals surface area contributed by atoms with Gasteiger partial charge in [-0.05, 0) is 24.2 Å². The van der Waals surface area contributed by atoms with Crippen LogP contribution in [0.5, 0.6) is 0 Å². The molecule has 1 rings (SSSR count). The highest BCUT2D eigenvalue weighted by atomic mass is 19.4. The standard InChI is InChI=1S/C14H20F3N3O/c1-4-19-8-10-5-6-12(11(7-10)14(15,16)17)20(3)9-13(21)18-2/h5-7,19H,4,8-9H2,1-3H3,(H,18,21). The summed E-state index contributed by atoms with van der Waals surface area (Å²) in [4.78, 5) is 12.6. The number of anilines is 1. The number of amides is 1. The number of nitrogens with zero attached hydrogens (tertiary/aromatic N) is 1. The van der Waals surface area contributed by atoms with Crippen LogP contribution in [0.15, 0.2) is 18.2 Å². The lowest BCUT2D eigenvalue weighted by Crippen LogP contribution is -2.34. The highest BCUT2D eigenvalue weighted by Gasteiger charge is 2.34. The molecular formula is C14H20F3N3O. The van der Waals surface area contributed by atoms with Gasteiger partial charge in [0.05, 0.1) is 12.1 Å². The van der Waals surface area contributed by atoms with E-state index in [-0.39, 0.29) is 18.1 Å². The molecule has 0 aliphatic carbocycles. The Bertz CT molecular complexity index is 489. The lowest BCUT2D eigenvalue weighted by Gasteiger charge is -2.23. The van der Waals surface area contributed by atoms with Gasteiger partial charge in [-0.25, -0.2) is 0 Å². The summed E-state index contributed by atoms with van der Waals surface area (Å²) in [5, 5.41) is 5.38. The van der Waals surface area contributed by atoms with Gasteiger partial charge in [0.1, 0.15) is 0 Å². The molecule has 118 valence electrons. The monoisotopic (exact) mass is 303 g/mol. The summed E-state index contributed by atoms with van der Waals surface area (Å²) >= 11 is 0. The van der Waals surface area contributed by atoms with Crippen molar-refractivity contribution in [3.63, 3.8) is 0 Å². The highest BCUT2D eigenvalue weighted by molar-refractivity contribution is 5.81. The third-order valence-corrected chi connectivity index (χ3v) is 3.02. The number of rotatable bonds is 6. The van der Waals surface area contributed by atoms with Gasteiger partial charge in [0.25, 0.3) is 0 Å². The van der Waals surface area contributed by atoms with E-state index in [9.17, 15) is 18.0 Å². The van der Waals surface area contributed by atoms with Crippen LogP contribution < -0.4 is 15.5 Å². The first-order valence-corrected chi connectivity index (χ1v) is 6.62. The number of benzene rings is 1. The molecule has 0 saturated heterocycles. The van der Waals surface area contributed by atoms with Crippen molar-refractivity contribution in [1.29, 1.82) is 0 Å².